The summed E-state index contributed by atoms with van der Waals surface area (Å²) < 4.78 is 0. The van der Waals surface area contributed by atoms with E-state index in [1.165, 1.54) is 0 Å². The summed E-state index contributed by atoms with van der Waals surface area (Å²) in [6.45, 7) is 0.323. The fourth-order valence-corrected chi connectivity index (χ4v) is 1.12. The van der Waals surface area contributed by atoms with Gasteiger partial charge in [0.05, 0.1) is 0 Å². The second-order valence-electron chi connectivity index (χ2n) is 2.78. The Labute approximate surface area is 63.7 Å². The summed E-state index contributed by atoms with van der Waals surface area (Å²) in [4.78, 5) is 10.4. The van der Waals surface area contributed by atoms with Crippen LogP contribution in [0.25, 0.3) is 0 Å². The van der Waals surface area contributed by atoms with Crippen LogP contribution in [-0.4, -0.2) is 39.7 Å². The predicted molar refractivity (Wildman–Crippen MR) is 35.8 cm³/mol. The van der Waals surface area contributed by atoms with Crippen LogP contribution in [0.2, 0.25) is 0 Å². The van der Waals surface area contributed by atoms with Gasteiger partial charge in [0.2, 0.25) is 0 Å². The van der Waals surface area contributed by atoms with Crippen molar-refractivity contribution < 1.29 is 20.1 Å². The molecule has 0 spiro atoms. The lowest BCUT2D eigenvalue weighted by atomic mass is 9.99. The molecule has 64 valence electrons. The van der Waals surface area contributed by atoms with Gasteiger partial charge in [-0.05, 0) is 0 Å². The summed E-state index contributed by atoms with van der Waals surface area (Å²) in [7, 11) is 0. The highest BCUT2D eigenvalue weighted by atomic mass is 16.5. The number of carbonyl (C=O) groups is 1. The van der Waals surface area contributed by atoms with Crippen LogP contribution < -0.4 is 5.32 Å². The monoisotopic (exact) mass is 161 g/mol. The van der Waals surface area contributed by atoms with Crippen LogP contribution in [0.3, 0.4) is 0 Å². The van der Waals surface area contributed by atoms with Crippen LogP contribution in [0.4, 0.5) is 0 Å². The maximum Gasteiger partial charge on any atom is 0.320 e. The first-order chi connectivity index (χ1) is 5.01. The van der Waals surface area contributed by atoms with Gasteiger partial charge in [-0.1, -0.05) is 0 Å². The van der Waals surface area contributed by atoms with Gasteiger partial charge >= 0.3 is 5.97 Å². The number of carboxylic acid groups (broad SMARTS) is 1. The van der Waals surface area contributed by atoms with Gasteiger partial charge < -0.3 is 20.6 Å². The van der Waals surface area contributed by atoms with Gasteiger partial charge in [0.1, 0.15) is 6.04 Å². The number of hydrogen-bond acceptors (Lipinski definition) is 4. The van der Waals surface area contributed by atoms with E-state index < -0.39 is 17.8 Å². The molecular weight excluding hydrogens is 150 g/mol. The molecule has 1 saturated heterocycles. The van der Waals surface area contributed by atoms with Crippen LogP contribution in [0, 0.1) is 0 Å². The van der Waals surface area contributed by atoms with Crippen molar-refractivity contribution in [3.8, 4) is 0 Å². The second kappa shape index (κ2) is 2.77. The van der Waals surface area contributed by atoms with Crippen molar-refractivity contribution in [2.24, 2.45) is 0 Å². The van der Waals surface area contributed by atoms with Gasteiger partial charge in [-0.3, -0.25) is 4.79 Å². The Balaban J connectivity index is 2.53. The highest BCUT2D eigenvalue weighted by Crippen LogP contribution is 2.17. The Kier molecular flexibility index (Phi) is 2.12. The molecule has 0 radical (unpaired) electrons. The lowest BCUT2D eigenvalue weighted by Gasteiger charge is -2.31. The Bertz CT molecular complexity index is 168. The molecule has 5 heteroatoms. The van der Waals surface area contributed by atoms with E-state index in [-0.39, 0.29) is 12.8 Å². The number of nitrogens with one attached hydrogen (secondary N) is 1. The molecule has 0 bridgehead atoms. The zero-order valence-electron chi connectivity index (χ0n) is 5.95. The first-order valence-corrected chi connectivity index (χ1v) is 3.42. The third-order valence-electron chi connectivity index (χ3n) is 1.75. The second-order valence-corrected chi connectivity index (χ2v) is 2.78. The molecule has 1 fully saturated rings. The molecule has 0 aromatic rings. The summed E-state index contributed by atoms with van der Waals surface area (Å²) in [5, 5.41) is 29.2. The smallest absolute Gasteiger partial charge is 0.320 e. The van der Waals surface area contributed by atoms with Gasteiger partial charge in [0, 0.05) is 19.4 Å². The van der Waals surface area contributed by atoms with Gasteiger partial charge in [-0.2, -0.15) is 0 Å². The van der Waals surface area contributed by atoms with E-state index in [2.05, 4.69) is 5.32 Å². The normalized spacial score (nSPS) is 29.8. The average molecular weight is 161 g/mol. The molecule has 0 aromatic heterocycles. The van der Waals surface area contributed by atoms with Gasteiger partial charge in [0.25, 0.3) is 0 Å². The highest BCUT2D eigenvalue weighted by molar-refractivity contribution is 5.73. The molecule has 5 nitrogen and oxygen atoms in total. The average Bonchev–Trinajstić information content (AvgIpc) is 1.85. The summed E-state index contributed by atoms with van der Waals surface area (Å²) in [6, 6.07) is -0.834. The predicted octanol–water partition coefficient (Wildman–Crippen LogP) is -1.50. The van der Waals surface area contributed by atoms with Crippen molar-refractivity contribution in [2.75, 3.05) is 6.54 Å². The molecule has 0 aromatic carbocycles. The van der Waals surface area contributed by atoms with E-state index in [0.29, 0.717) is 6.54 Å². The van der Waals surface area contributed by atoms with Crippen molar-refractivity contribution in [3.63, 3.8) is 0 Å². The summed E-state index contributed by atoms with van der Waals surface area (Å²) in [5.74, 6) is -2.86. The molecule has 1 rings (SSSR count). The maximum absolute atomic E-state index is 10.4. The van der Waals surface area contributed by atoms with E-state index in [1.807, 2.05) is 0 Å². The fourth-order valence-electron chi connectivity index (χ4n) is 1.12. The molecule has 1 aliphatic rings. The van der Waals surface area contributed by atoms with Gasteiger partial charge in [-0.15, -0.1) is 0 Å². The van der Waals surface area contributed by atoms with Crippen molar-refractivity contribution in [3.05, 3.63) is 0 Å². The zero-order chi connectivity index (χ0) is 8.48. The third-order valence-corrected chi connectivity index (χ3v) is 1.75. The molecular formula is C6H11NO4. The van der Waals surface area contributed by atoms with Crippen molar-refractivity contribution >= 4 is 5.97 Å². The van der Waals surface area contributed by atoms with Gasteiger partial charge in [-0.25, -0.2) is 0 Å². The van der Waals surface area contributed by atoms with Crippen molar-refractivity contribution in [1.29, 1.82) is 0 Å². The van der Waals surface area contributed by atoms with Gasteiger partial charge in [0.15, 0.2) is 5.79 Å². The molecule has 0 amide bonds. The molecule has 1 heterocycles. The highest BCUT2D eigenvalue weighted by Gasteiger charge is 2.34. The van der Waals surface area contributed by atoms with Crippen LogP contribution in [0.1, 0.15) is 12.8 Å². The quantitative estimate of drug-likeness (QED) is 0.351. The third kappa shape index (κ3) is 2.14. The largest absolute Gasteiger partial charge is 0.480 e. The minimum atomic E-state index is -1.81. The standard InChI is InChI=1S/C6H11NO4/c8-5(9)4-3-6(10,11)1-2-7-4/h4,7,10-11H,1-3H2,(H,8,9)/t4-/m0/s1. The lowest BCUT2D eigenvalue weighted by molar-refractivity contribution is -0.189. The molecule has 0 aliphatic carbocycles. The molecule has 0 saturated carbocycles. The number of hydrogen-bond donors (Lipinski definition) is 4. The van der Waals surface area contributed by atoms with Crippen LogP contribution >= 0.6 is 0 Å². The first kappa shape index (κ1) is 8.45. The number of rotatable bonds is 1. The Morgan fingerprint density at radius 3 is 2.55 bits per heavy atom. The van der Waals surface area contributed by atoms with Crippen molar-refractivity contribution in [2.45, 2.75) is 24.7 Å². The van der Waals surface area contributed by atoms with Crippen LogP contribution in [-0.2, 0) is 4.79 Å². The van der Waals surface area contributed by atoms with Crippen LogP contribution in [0.15, 0.2) is 0 Å². The lowest BCUT2D eigenvalue weighted by Crippen LogP contribution is -2.51. The van der Waals surface area contributed by atoms with E-state index in [0.717, 1.165) is 0 Å². The molecule has 1 atom stereocenters. The minimum Gasteiger partial charge on any atom is -0.480 e. The topological polar surface area (TPSA) is 89.8 Å². The van der Waals surface area contributed by atoms with Crippen LogP contribution in [0.5, 0.6) is 0 Å². The molecule has 1 aliphatic heterocycles. The fraction of sp³-hybridized carbons (Fsp3) is 0.833. The Morgan fingerprint density at radius 2 is 2.18 bits per heavy atom. The van der Waals surface area contributed by atoms with Crippen molar-refractivity contribution in [1.82, 2.24) is 5.32 Å². The van der Waals surface area contributed by atoms with E-state index in [9.17, 15) is 4.79 Å². The number of aliphatic hydroxyl groups is 2. The summed E-state index contributed by atoms with van der Waals surface area (Å²) >= 11 is 0. The summed E-state index contributed by atoms with van der Waals surface area (Å²) in [6.07, 6.45) is 0.0269. The van der Waals surface area contributed by atoms with E-state index in [1.54, 1.807) is 0 Å². The number of piperidine rings is 1. The number of carboxylic acids is 1. The SMILES string of the molecule is O=C(O)[C@@H]1CC(O)(O)CCN1. The Morgan fingerprint density at radius 1 is 1.55 bits per heavy atom. The summed E-state index contributed by atoms with van der Waals surface area (Å²) in [5.41, 5.74) is 0. The number of aliphatic carboxylic acids is 1. The Hall–Kier alpha value is -0.650. The van der Waals surface area contributed by atoms with E-state index in [4.69, 9.17) is 15.3 Å². The van der Waals surface area contributed by atoms with E-state index >= 15 is 0 Å². The maximum atomic E-state index is 10.4. The minimum absolute atomic E-state index is 0.150. The molecule has 11 heavy (non-hydrogen) atoms. The molecule has 0 unspecified atom stereocenters. The first-order valence-electron chi connectivity index (χ1n) is 3.42. The molecule has 4 N–H and O–H groups in total. The zero-order valence-corrected chi connectivity index (χ0v) is 5.95.